The summed E-state index contributed by atoms with van der Waals surface area (Å²) in [5, 5.41) is 17.8. The fraction of sp³-hybridized carbons (Fsp3) is 0.312. The van der Waals surface area contributed by atoms with Crippen molar-refractivity contribution in [2.45, 2.75) is 20.1 Å². The minimum atomic E-state index is -0.547. The zero-order valence-electron chi connectivity index (χ0n) is 15.1. The van der Waals surface area contributed by atoms with Gasteiger partial charge in [0, 0.05) is 18.6 Å². The molecular formula is C16H19FN6O4. The van der Waals surface area contributed by atoms with Gasteiger partial charge in [-0.2, -0.15) is 0 Å². The van der Waals surface area contributed by atoms with Gasteiger partial charge in [-0.1, -0.05) is 17.3 Å². The summed E-state index contributed by atoms with van der Waals surface area (Å²) in [4.78, 5) is 13.4. The van der Waals surface area contributed by atoms with Crippen LogP contribution in [0.15, 0.2) is 36.7 Å². The average Bonchev–Trinajstić information content (AvgIpc) is 3.27. The van der Waals surface area contributed by atoms with Crippen LogP contribution in [0.25, 0.3) is 0 Å². The molecule has 3 rings (SSSR count). The number of imidazole rings is 1. The molecule has 0 atom stereocenters. The number of hydrogen-bond acceptors (Lipinski definition) is 7. The van der Waals surface area contributed by atoms with Crippen molar-refractivity contribution in [3.63, 3.8) is 0 Å². The Bertz CT molecular complexity index is 873. The molecule has 11 heteroatoms. The summed E-state index contributed by atoms with van der Waals surface area (Å²) in [7, 11) is 3.19. The number of hydrogen-bond donors (Lipinski definition) is 0. The van der Waals surface area contributed by atoms with Crippen molar-refractivity contribution in [2.24, 2.45) is 7.05 Å². The first kappa shape index (κ1) is 19.8. The highest BCUT2D eigenvalue weighted by Crippen LogP contribution is 2.17. The normalized spacial score (nSPS) is 10.1. The summed E-state index contributed by atoms with van der Waals surface area (Å²) >= 11 is 0. The van der Waals surface area contributed by atoms with E-state index in [-0.39, 0.29) is 30.0 Å². The fourth-order valence-electron chi connectivity index (χ4n) is 2.04. The Morgan fingerprint density at radius 2 is 2.04 bits per heavy atom. The Labute approximate surface area is 154 Å². The summed E-state index contributed by atoms with van der Waals surface area (Å²) in [6.45, 7) is 2.67. The third kappa shape index (κ3) is 5.49. The van der Waals surface area contributed by atoms with Gasteiger partial charge in [-0.15, -0.1) is 5.10 Å². The van der Waals surface area contributed by atoms with E-state index in [1.165, 1.54) is 19.4 Å². The predicted octanol–water partition coefficient (Wildman–Crippen LogP) is 2.35. The van der Waals surface area contributed by atoms with Crippen molar-refractivity contribution < 1.29 is 18.8 Å². The number of methoxy groups -OCH3 is 1. The number of ether oxygens (including phenoxy) is 2. The minimum absolute atomic E-state index is 0.186. The average molecular weight is 378 g/mol. The highest BCUT2D eigenvalue weighted by atomic mass is 19.1. The summed E-state index contributed by atoms with van der Waals surface area (Å²) < 4.78 is 26.3. The van der Waals surface area contributed by atoms with Gasteiger partial charge in [0.05, 0.1) is 13.3 Å². The van der Waals surface area contributed by atoms with E-state index in [9.17, 15) is 14.5 Å². The lowest BCUT2D eigenvalue weighted by molar-refractivity contribution is -0.389. The third-order valence-corrected chi connectivity index (χ3v) is 3.30. The van der Waals surface area contributed by atoms with E-state index in [0.29, 0.717) is 12.2 Å². The van der Waals surface area contributed by atoms with Crippen LogP contribution in [0, 0.1) is 15.9 Å². The predicted molar refractivity (Wildman–Crippen MR) is 92.8 cm³/mol. The highest BCUT2D eigenvalue weighted by molar-refractivity contribution is 5.23. The number of nitrogens with zero attached hydrogens (tertiary/aromatic N) is 6. The maximum Gasteiger partial charge on any atom is 0.413 e. The van der Waals surface area contributed by atoms with Crippen molar-refractivity contribution in [3.05, 3.63) is 58.3 Å². The first-order chi connectivity index (χ1) is 12.9. The van der Waals surface area contributed by atoms with Crippen LogP contribution in [0.1, 0.15) is 12.6 Å². The van der Waals surface area contributed by atoms with Gasteiger partial charge in [-0.05, 0) is 24.0 Å². The quantitative estimate of drug-likeness (QED) is 0.478. The molecule has 0 aliphatic heterocycles. The van der Waals surface area contributed by atoms with Crippen LogP contribution in [-0.4, -0.2) is 36.6 Å². The molecule has 10 nitrogen and oxygen atoms in total. The Balaban J connectivity index is 0.000000199. The molecule has 0 saturated heterocycles. The fourth-order valence-corrected chi connectivity index (χ4v) is 2.04. The second kappa shape index (κ2) is 9.27. The molecule has 0 unspecified atom stereocenters. The van der Waals surface area contributed by atoms with Crippen molar-refractivity contribution in [1.29, 1.82) is 0 Å². The van der Waals surface area contributed by atoms with Crippen LogP contribution in [0.4, 0.5) is 10.2 Å². The highest BCUT2D eigenvalue weighted by Gasteiger charge is 2.17. The van der Waals surface area contributed by atoms with Crippen LogP contribution in [-0.2, 0) is 20.2 Å². The molecule has 0 radical (unpaired) electrons. The summed E-state index contributed by atoms with van der Waals surface area (Å²) in [6, 6.07) is 6.53. The lowest BCUT2D eigenvalue weighted by atomic mass is 10.3. The van der Waals surface area contributed by atoms with E-state index in [0.717, 1.165) is 0 Å². The molecule has 0 spiro atoms. The second-order valence-corrected chi connectivity index (χ2v) is 5.23. The molecule has 0 fully saturated rings. The van der Waals surface area contributed by atoms with Crippen molar-refractivity contribution in [2.75, 3.05) is 7.11 Å². The number of aryl methyl sites for hydroxylation is 2. The molecular weight excluding hydrogens is 359 g/mol. The largest absolute Gasteiger partial charge is 0.484 e. The van der Waals surface area contributed by atoms with Crippen LogP contribution in [0.3, 0.4) is 0 Å². The van der Waals surface area contributed by atoms with Gasteiger partial charge in [-0.3, -0.25) is 9.25 Å². The number of aromatic nitrogens is 5. The lowest BCUT2D eigenvalue weighted by Crippen LogP contribution is -1.97. The summed E-state index contributed by atoms with van der Waals surface area (Å²) in [5.74, 6) is -0.335. The third-order valence-electron chi connectivity index (χ3n) is 3.30. The molecule has 0 aliphatic carbocycles. The van der Waals surface area contributed by atoms with E-state index in [1.807, 2.05) is 6.92 Å². The van der Waals surface area contributed by atoms with Crippen LogP contribution in [0.5, 0.6) is 11.8 Å². The minimum Gasteiger partial charge on any atom is -0.484 e. The molecule has 27 heavy (non-hydrogen) atoms. The van der Waals surface area contributed by atoms with Crippen LogP contribution < -0.4 is 9.47 Å². The maximum absolute atomic E-state index is 13.1. The van der Waals surface area contributed by atoms with E-state index in [4.69, 9.17) is 9.47 Å². The molecule has 0 aliphatic rings. The molecule has 2 heterocycles. The Kier molecular flexibility index (Phi) is 6.80. The maximum atomic E-state index is 13.1. The first-order valence-corrected chi connectivity index (χ1v) is 7.92. The van der Waals surface area contributed by atoms with Crippen LogP contribution in [0.2, 0.25) is 0 Å². The smallest absolute Gasteiger partial charge is 0.413 e. The zero-order chi connectivity index (χ0) is 19.8. The van der Waals surface area contributed by atoms with E-state index >= 15 is 0 Å². The molecule has 3 aromatic rings. The van der Waals surface area contributed by atoms with Gasteiger partial charge in [0.25, 0.3) is 0 Å². The Hall–Kier alpha value is -3.50. The standard InChI is InChI=1S/C10H10FN3O.C6H9N3O3/c1-14-6-8(12-13-14)7-15-10-5-3-2-4-9(10)11;1-3-8-4-5(9(10)11)7-6(8)12-2/h2-6H,7H2,1H3;4H,3H2,1-2H3. The molecule has 0 N–H and O–H groups in total. The molecule has 1 aromatic carbocycles. The van der Waals surface area contributed by atoms with Crippen molar-refractivity contribution in [3.8, 4) is 11.8 Å². The second-order valence-electron chi connectivity index (χ2n) is 5.23. The number of para-hydroxylation sites is 1. The van der Waals surface area contributed by atoms with Gasteiger partial charge in [0.15, 0.2) is 11.6 Å². The summed E-state index contributed by atoms with van der Waals surface area (Å²) in [5.41, 5.74) is 0.667. The van der Waals surface area contributed by atoms with Gasteiger partial charge < -0.3 is 19.6 Å². The van der Waals surface area contributed by atoms with Gasteiger partial charge in [-0.25, -0.2) is 4.39 Å². The van der Waals surface area contributed by atoms with Crippen molar-refractivity contribution >= 4 is 5.82 Å². The SMILES string of the molecule is CCn1cc([N+](=O)[O-])nc1OC.Cn1cc(COc2ccccc2F)nn1. The monoisotopic (exact) mass is 378 g/mol. The molecule has 0 bridgehead atoms. The number of nitro groups is 1. The van der Waals surface area contributed by atoms with Gasteiger partial charge in [0.1, 0.15) is 18.5 Å². The topological polar surface area (TPSA) is 110 Å². The first-order valence-electron chi connectivity index (χ1n) is 7.92. The van der Waals surface area contributed by atoms with Gasteiger partial charge >= 0.3 is 11.8 Å². The van der Waals surface area contributed by atoms with E-state index in [1.54, 1.807) is 40.7 Å². The lowest BCUT2D eigenvalue weighted by Gasteiger charge is -2.03. The molecule has 0 amide bonds. The van der Waals surface area contributed by atoms with Gasteiger partial charge in [0.2, 0.25) is 0 Å². The van der Waals surface area contributed by atoms with E-state index < -0.39 is 4.92 Å². The number of benzene rings is 1. The zero-order valence-corrected chi connectivity index (χ0v) is 15.1. The Morgan fingerprint density at radius 3 is 2.56 bits per heavy atom. The van der Waals surface area contributed by atoms with E-state index in [2.05, 4.69) is 15.3 Å². The van der Waals surface area contributed by atoms with Crippen LogP contribution >= 0.6 is 0 Å². The number of rotatable bonds is 6. The molecule has 0 saturated carbocycles. The molecule has 144 valence electrons. The summed E-state index contributed by atoms with van der Waals surface area (Å²) in [6.07, 6.45) is 3.07. The van der Waals surface area contributed by atoms with Crippen molar-refractivity contribution in [1.82, 2.24) is 24.5 Å². The number of halogens is 1. The molecule has 2 aromatic heterocycles. The Morgan fingerprint density at radius 1 is 1.30 bits per heavy atom.